The van der Waals surface area contributed by atoms with Crippen molar-refractivity contribution in [2.75, 3.05) is 17.6 Å². The number of imidazole rings is 1. The lowest BCUT2D eigenvalue weighted by Crippen LogP contribution is -2.07. The number of aromatic nitrogens is 4. The Morgan fingerprint density at radius 3 is 2.67 bits per heavy atom. The first kappa shape index (κ1) is 13.4. The maximum Gasteiger partial charge on any atom is 0.226 e. The molecule has 0 saturated heterocycles. The highest BCUT2D eigenvalue weighted by Crippen LogP contribution is 2.19. The summed E-state index contributed by atoms with van der Waals surface area (Å²) in [5.41, 5.74) is 9.78. The van der Waals surface area contributed by atoms with Crippen LogP contribution in [0, 0.1) is 6.92 Å². The number of hydrogen-bond acceptors (Lipinski definition) is 5. The van der Waals surface area contributed by atoms with Crippen LogP contribution in [0.3, 0.4) is 0 Å². The molecule has 0 unspecified atom stereocenters. The van der Waals surface area contributed by atoms with Gasteiger partial charge in [-0.05, 0) is 19.4 Å². The molecule has 0 atom stereocenters. The van der Waals surface area contributed by atoms with Crippen molar-refractivity contribution in [1.82, 2.24) is 19.5 Å². The Kier molecular flexibility index (Phi) is 3.43. The molecular formula is C15H18N6. The van der Waals surface area contributed by atoms with Crippen LogP contribution >= 0.6 is 0 Å². The highest BCUT2D eigenvalue weighted by molar-refractivity contribution is 5.82. The van der Waals surface area contributed by atoms with E-state index in [9.17, 15) is 0 Å². The van der Waals surface area contributed by atoms with E-state index in [1.54, 1.807) is 6.33 Å². The van der Waals surface area contributed by atoms with Gasteiger partial charge in [-0.3, -0.25) is 0 Å². The number of nitrogens with zero attached hydrogens (tertiary/aromatic N) is 4. The van der Waals surface area contributed by atoms with E-state index in [1.807, 2.05) is 11.5 Å². The van der Waals surface area contributed by atoms with E-state index < -0.39 is 0 Å². The molecule has 0 aliphatic rings. The Hall–Kier alpha value is -2.63. The summed E-state index contributed by atoms with van der Waals surface area (Å²) in [6, 6.07) is 8.41. The molecule has 1 aromatic carbocycles. The van der Waals surface area contributed by atoms with E-state index in [-0.39, 0.29) is 0 Å². The SMILES string of the molecule is CCNc1nc(N)c2ncn(Cc3ccc(C)cc3)c2n1. The first-order valence-corrected chi connectivity index (χ1v) is 6.95. The third kappa shape index (κ3) is 2.65. The average Bonchev–Trinajstić information content (AvgIpc) is 2.86. The third-order valence-electron chi connectivity index (χ3n) is 3.30. The first-order valence-electron chi connectivity index (χ1n) is 6.95. The normalized spacial score (nSPS) is 11.0. The van der Waals surface area contributed by atoms with Gasteiger partial charge in [-0.2, -0.15) is 9.97 Å². The van der Waals surface area contributed by atoms with Gasteiger partial charge in [-0.1, -0.05) is 29.8 Å². The van der Waals surface area contributed by atoms with Crippen molar-refractivity contribution in [3.63, 3.8) is 0 Å². The smallest absolute Gasteiger partial charge is 0.226 e. The Labute approximate surface area is 123 Å². The van der Waals surface area contributed by atoms with Gasteiger partial charge in [0, 0.05) is 6.54 Å². The lowest BCUT2D eigenvalue weighted by Gasteiger charge is -2.07. The van der Waals surface area contributed by atoms with E-state index >= 15 is 0 Å². The number of benzene rings is 1. The van der Waals surface area contributed by atoms with Crippen LogP contribution in [0.15, 0.2) is 30.6 Å². The zero-order chi connectivity index (χ0) is 14.8. The number of anilines is 2. The number of nitrogens with two attached hydrogens (primary N) is 1. The quantitative estimate of drug-likeness (QED) is 0.766. The predicted octanol–water partition coefficient (Wildman–Crippen LogP) is 2.20. The molecule has 0 radical (unpaired) electrons. The zero-order valence-electron chi connectivity index (χ0n) is 12.2. The molecule has 21 heavy (non-hydrogen) atoms. The molecule has 0 aliphatic carbocycles. The Bertz CT molecular complexity index is 760. The van der Waals surface area contributed by atoms with E-state index in [0.717, 1.165) is 12.2 Å². The van der Waals surface area contributed by atoms with Crippen molar-refractivity contribution in [2.24, 2.45) is 0 Å². The molecule has 0 bridgehead atoms. The van der Waals surface area contributed by atoms with Crippen molar-refractivity contribution < 1.29 is 0 Å². The van der Waals surface area contributed by atoms with E-state index in [2.05, 4.69) is 51.5 Å². The Morgan fingerprint density at radius 2 is 1.95 bits per heavy atom. The van der Waals surface area contributed by atoms with Gasteiger partial charge in [0.1, 0.15) is 5.52 Å². The number of rotatable bonds is 4. The van der Waals surface area contributed by atoms with Crippen LogP contribution < -0.4 is 11.1 Å². The zero-order valence-corrected chi connectivity index (χ0v) is 12.2. The third-order valence-corrected chi connectivity index (χ3v) is 3.30. The second kappa shape index (κ2) is 5.40. The van der Waals surface area contributed by atoms with Gasteiger partial charge in [0.05, 0.1) is 12.9 Å². The van der Waals surface area contributed by atoms with Crippen LogP contribution in [0.5, 0.6) is 0 Å². The summed E-state index contributed by atoms with van der Waals surface area (Å²) >= 11 is 0. The van der Waals surface area contributed by atoms with Crippen LogP contribution in [-0.4, -0.2) is 26.1 Å². The van der Waals surface area contributed by atoms with E-state index in [4.69, 9.17) is 5.73 Å². The number of hydrogen-bond donors (Lipinski definition) is 2. The fraction of sp³-hybridized carbons (Fsp3) is 0.267. The van der Waals surface area contributed by atoms with E-state index in [0.29, 0.717) is 23.8 Å². The molecule has 0 spiro atoms. The second-order valence-electron chi connectivity index (χ2n) is 4.99. The Morgan fingerprint density at radius 1 is 1.19 bits per heavy atom. The van der Waals surface area contributed by atoms with Gasteiger partial charge < -0.3 is 15.6 Å². The molecule has 2 heterocycles. The maximum atomic E-state index is 5.95. The molecule has 6 heteroatoms. The van der Waals surface area contributed by atoms with Crippen LogP contribution in [0.4, 0.5) is 11.8 Å². The van der Waals surface area contributed by atoms with Crippen molar-refractivity contribution in [3.05, 3.63) is 41.7 Å². The topological polar surface area (TPSA) is 81.6 Å². The molecule has 0 fully saturated rings. The largest absolute Gasteiger partial charge is 0.382 e. The van der Waals surface area contributed by atoms with Crippen LogP contribution in [0.25, 0.3) is 11.2 Å². The summed E-state index contributed by atoms with van der Waals surface area (Å²) in [5.74, 6) is 0.937. The van der Waals surface area contributed by atoms with Crippen molar-refractivity contribution in [3.8, 4) is 0 Å². The molecule has 0 amide bonds. The highest BCUT2D eigenvalue weighted by atomic mass is 15.2. The highest BCUT2D eigenvalue weighted by Gasteiger charge is 2.11. The molecule has 108 valence electrons. The van der Waals surface area contributed by atoms with Gasteiger partial charge in [0.15, 0.2) is 11.5 Å². The van der Waals surface area contributed by atoms with Crippen molar-refractivity contribution in [1.29, 1.82) is 0 Å². The van der Waals surface area contributed by atoms with Gasteiger partial charge >= 0.3 is 0 Å². The summed E-state index contributed by atoms with van der Waals surface area (Å²) in [4.78, 5) is 13.0. The van der Waals surface area contributed by atoms with Gasteiger partial charge in [-0.15, -0.1) is 0 Å². The molecular weight excluding hydrogens is 264 g/mol. The number of nitrogen functional groups attached to an aromatic ring is 1. The lowest BCUT2D eigenvalue weighted by atomic mass is 10.1. The molecule has 3 N–H and O–H groups in total. The number of aryl methyl sites for hydroxylation is 1. The fourth-order valence-corrected chi connectivity index (χ4v) is 2.21. The predicted molar refractivity (Wildman–Crippen MR) is 84.2 cm³/mol. The van der Waals surface area contributed by atoms with Crippen LogP contribution in [-0.2, 0) is 6.54 Å². The van der Waals surface area contributed by atoms with Gasteiger partial charge in [-0.25, -0.2) is 4.98 Å². The van der Waals surface area contributed by atoms with Gasteiger partial charge in [0.2, 0.25) is 5.95 Å². The summed E-state index contributed by atoms with van der Waals surface area (Å²) < 4.78 is 1.98. The summed E-state index contributed by atoms with van der Waals surface area (Å²) in [6.07, 6.45) is 1.76. The summed E-state index contributed by atoms with van der Waals surface area (Å²) in [6.45, 7) is 5.52. The van der Waals surface area contributed by atoms with Crippen molar-refractivity contribution >= 4 is 22.9 Å². The van der Waals surface area contributed by atoms with E-state index in [1.165, 1.54) is 11.1 Å². The summed E-state index contributed by atoms with van der Waals surface area (Å²) in [5, 5.41) is 3.09. The summed E-state index contributed by atoms with van der Waals surface area (Å²) in [7, 11) is 0. The fourth-order valence-electron chi connectivity index (χ4n) is 2.21. The number of nitrogens with one attached hydrogen (secondary N) is 1. The molecule has 2 aromatic heterocycles. The van der Waals surface area contributed by atoms with Crippen LogP contribution in [0.1, 0.15) is 18.1 Å². The second-order valence-corrected chi connectivity index (χ2v) is 4.99. The average molecular weight is 282 g/mol. The monoisotopic (exact) mass is 282 g/mol. The minimum absolute atomic E-state index is 0.401. The van der Waals surface area contributed by atoms with Gasteiger partial charge in [0.25, 0.3) is 0 Å². The first-order chi connectivity index (χ1) is 10.2. The van der Waals surface area contributed by atoms with Crippen molar-refractivity contribution in [2.45, 2.75) is 20.4 Å². The molecule has 0 saturated carbocycles. The van der Waals surface area contributed by atoms with Crippen LogP contribution in [0.2, 0.25) is 0 Å². The molecule has 3 aromatic rings. The maximum absolute atomic E-state index is 5.95. The standard InChI is InChI=1S/C15H18N6/c1-3-17-15-19-13(16)12-14(20-15)21(9-18-12)8-11-6-4-10(2)5-7-11/h4-7,9H,3,8H2,1-2H3,(H3,16,17,19,20). The Balaban J connectivity index is 2.00. The minimum atomic E-state index is 0.401. The molecule has 0 aliphatic heterocycles. The number of fused-ring (bicyclic) bond motifs is 1. The lowest BCUT2D eigenvalue weighted by molar-refractivity contribution is 0.813. The minimum Gasteiger partial charge on any atom is -0.382 e. The molecule has 6 nitrogen and oxygen atoms in total. The molecule has 3 rings (SSSR count).